The van der Waals surface area contributed by atoms with Crippen LogP contribution in [0.1, 0.15) is 47.1 Å². The second kappa shape index (κ2) is 6.61. The van der Waals surface area contributed by atoms with Crippen LogP contribution in [0.15, 0.2) is 24.3 Å². The summed E-state index contributed by atoms with van der Waals surface area (Å²) < 4.78 is 24.9. The maximum Gasteiger partial charge on any atom is 0.239 e. The zero-order valence-electron chi connectivity index (χ0n) is 15.1. The highest BCUT2D eigenvalue weighted by Gasteiger charge is 2.31. The van der Waals surface area contributed by atoms with Crippen molar-refractivity contribution in [3.05, 3.63) is 29.8 Å². The Balaban J connectivity index is 2.84. The van der Waals surface area contributed by atoms with E-state index in [-0.39, 0.29) is 17.9 Å². The third-order valence-electron chi connectivity index (χ3n) is 3.47. The number of carbonyl (C=O) groups excluding carboxylic acids is 1. The van der Waals surface area contributed by atoms with Gasteiger partial charge in [0.1, 0.15) is 0 Å². The molecule has 0 aliphatic rings. The fourth-order valence-electron chi connectivity index (χ4n) is 2.24. The molecule has 6 heteroatoms. The first-order chi connectivity index (χ1) is 10.2. The summed E-state index contributed by atoms with van der Waals surface area (Å²) in [6.07, 6.45) is 1.11. The quantitative estimate of drug-likeness (QED) is 0.916. The van der Waals surface area contributed by atoms with E-state index in [9.17, 15) is 13.2 Å². The van der Waals surface area contributed by atoms with Gasteiger partial charge >= 0.3 is 0 Å². The van der Waals surface area contributed by atoms with Crippen LogP contribution in [0.2, 0.25) is 0 Å². The highest BCUT2D eigenvalue weighted by Crippen LogP contribution is 2.23. The van der Waals surface area contributed by atoms with Gasteiger partial charge in [-0.15, -0.1) is 0 Å². The molecule has 1 rings (SSSR count). The number of nitrogens with zero attached hydrogens (tertiary/aromatic N) is 1. The predicted molar refractivity (Wildman–Crippen MR) is 95.1 cm³/mol. The van der Waals surface area contributed by atoms with E-state index in [1.54, 1.807) is 20.8 Å². The van der Waals surface area contributed by atoms with Gasteiger partial charge in [-0.25, -0.2) is 8.42 Å². The van der Waals surface area contributed by atoms with Crippen LogP contribution in [0.4, 0.5) is 5.69 Å². The summed E-state index contributed by atoms with van der Waals surface area (Å²) >= 11 is 0. The van der Waals surface area contributed by atoms with Gasteiger partial charge in [0.25, 0.3) is 0 Å². The smallest absolute Gasteiger partial charge is 0.239 e. The molecule has 130 valence electrons. The minimum Gasteiger partial charge on any atom is -0.325 e. The Morgan fingerprint density at radius 1 is 1.04 bits per heavy atom. The summed E-state index contributed by atoms with van der Waals surface area (Å²) in [6.45, 7) is 11.4. The third-order valence-corrected chi connectivity index (χ3v) is 4.95. The van der Waals surface area contributed by atoms with Crippen LogP contribution in [-0.2, 0) is 20.2 Å². The van der Waals surface area contributed by atoms with E-state index in [1.165, 1.54) is 9.87 Å². The molecule has 0 aliphatic carbocycles. The first-order valence-corrected chi connectivity index (χ1v) is 9.44. The van der Waals surface area contributed by atoms with E-state index in [4.69, 9.17) is 0 Å². The van der Waals surface area contributed by atoms with E-state index in [1.807, 2.05) is 24.3 Å². The van der Waals surface area contributed by atoms with Crippen molar-refractivity contribution in [1.82, 2.24) is 4.31 Å². The highest BCUT2D eigenvalue weighted by atomic mass is 32.2. The maximum atomic E-state index is 12.2. The van der Waals surface area contributed by atoms with Crippen molar-refractivity contribution in [2.45, 2.75) is 52.5 Å². The van der Waals surface area contributed by atoms with Gasteiger partial charge in [0.15, 0.2) is 0 Å². The molecule has 0 aliphatic heterocycles. The first kappa shape index (κ1) is 19.6. The molecular weight excluding hydrogens is 312 g/mol. The molecule has 0 radical (unpaired) electrons. The summed E-state index contributed by atoms with van der Waals surface area (Å²) in [5.74, 6) is -0.353. The van der Waals surface area contributed by atoms with Crippen molar-refractivity contribution >= 4 is 21.6 Å². The number of rotatable bonds is 4. The second-order valence-electron chi connectivity index (χ2n) is 7.82. The molecule has 0 saturated heterocycles. The summed E-state index contributed by atoms with van der Waals surface area (Å²) in [4.78, 5) is 12.2. The number of carbonyl (C=O) groups is 1. The van der Waals surface area contributed by atoms with Crippen LogP contribution in [0.3, 0.4) is 0 Å². The van der Waals surface area contributed by atoms with Crippen molar-refractivity contribution < 1.29 is 13.2 Å². The Kier molecular flexibility index (Phi) is 5.65. The molecule has 0 saturated carbocycles. The maximum absolute atomic E-state index is 12.2. The molecule has 0 bridgehead atoms. The lowest BCUT2D eigenvalue weighted by molar-refractivity contribution is -0.117. The van der Waals surface area contributed by atoms with Gasteiger partial charge in [-0.3, -0.25) is 4.79 Å². The molecule has 1 aromatic rings. The number of hydrogen-bond donors (Lipinski definition) is 1. The predicted octanol–water partition coefficient (Wildman–Crippen LogP) is 2.98. The van der Waals surface area contributed by atoms with Gasteiger partial charge in [-0.2, -0.15) is 4.31 Å². The fraction of sp³-hybridized carbons (Fsp3) is 0.588. The first-order valence-electron chi connectivity index (χ1n) is 7.59. The molecule has 0 spiro atoms. The minimum absolute atomic E-state index is 0.0435. The number of benzene rings is 1. The van der Waals surface area contributed by atoms with Gasteiger partial charge in [0.05, 0.1) is 12.8 Å². The Morgan fingerprint density at radius 2 is 1.52 bits per heavy atom. The summed E-state index contributed by atoms with van der Waals surface area (Å²) in [7, 11) is -3.46. The Hall–Kier alpha value is -1.40. The molecule has 0 aromatic heterocycles. The molecule has 23 heavy (non-hydrogen) atoms. The molecule has 1 aromatic carbocycles. The summed E-state index contributed by atoms with van der Waals surface area (Å²) in [5.41, 5.74) is 1.22. The van der Waals surface area contributed by atoms with Crippen LogP contribution < -0.4 is 5.32 Å². The number of sulfonamides is 1. The summed E-state index contributed by atoms with van der Waals surface area (Å²) in [6, 6.07) is 7.60. The van der Waals surface area contributed by atoms with Crippen LogP contribution in [0.5, 0.6) is 0 Å². The molecule has 5 nitrogen and oxygen atoms in total. The van der Waals surface area contributed by atoms with Crippen molar-refractivity contribution in [2.75, 3.05) is 18.1 Å². The van der Waals surface area contributed by atoms with Gasteiger partial charge in [-0.1, -0.05) is 32.9 Å². The third kappa shape index (κ3) is 5.95. The topological polar surface area (TPSA) is 66.5 Å². The number of amides is 1. The van der Waals surface area contributed by atoms with Crippen molar-refractivity contribution in [1.29, 1.82) is 0 Å². The Morgan fingerprint density at radius 3 is 1.87 bits per heavy atom. The van der Waals surface area contributed by atoms with E-state index in [0.29, 0.717) is 5.69 Å². The molecule has 0 atom stereocenters. The van der Waals surface area contributed by atoms with Crippen LogP contribution in [0.25, 0.3) is 0 Å². The lowest BCUT2D eigenvalue weighted by Gasteiger charge is -2.32. The monoisotopic (exact) mass is 340 g/mol. The van der Waals surface area contributed by atoms with E-state index >= 15 is 0 Å². The SMILES string of the molecule is CC(C)(C)c1ccc(NC(=O)CN(C(C)(C)C)S(C)(=O)=O)cc1. The van der Waals surface area contributed by atoms with Gasteiger partial charge < -0.3 is 5.32 Å². The van der Waals surface area contributed by atoms with Crippen molar-refractivity contribution in [2.24, 2.45) is 0 Å². The average Bonchev–Trinajstić information content (AvgIpc) is 2.33. The van der Waals surface area contributed by atoms with Crippen LogP contribution in [0, 0.1) is 0 Å². The van der Waals surface area contributed by atoms with Gasteiger partial charge in [0.2, 0.25) is 15.9 Å². The van der Waals surface area contributed by atoms with Crippen LogP contribution >= 0.6 is 0 Å². The zero-order chi connectivity index (χ0) is 18.1. The Bertz CT molecular complexity index is 651. The lowest BCUT2D eigenvalue weighted by Crippen LogP contribution is -2.48. The van der Waals surface area contributed by atoms with E-state index < -0.39 is 15.6 Å². The van der Waals surface area contributed by atoms with E-state index in [0.717, 1.165) is 6.26 Å². The molecule has 0 heterocycles. The lowest BCUT2D eigenvalue weighted by atomic mass is 9.87. The highest BCUT2D eigenvalue weighted by molar-refractivity contribution is 7.88. The van der Waals surface area contributed by atoms with Gasteiger partial charge in [-0.05, 0) is 43.9 Å². The van der Waals surface area contributed by atoms with Gasteiger partial charge in [0, 0.05) is 11.2 Å². The van der Waals surface area contributed by atoms with Crippen molar-refractivity contribution in [3.63, 3.8) is 0 Å². The molecular formula is C17H28N2O3S. The van der Waals surface area contributed by atoms with Crippen LogP contribution in [-0.4, -0.2) is 37.0 Å². The average molecular weight is 340 g/mol. The molecule has 0 unspecified atom stereocenters. The zero-order valence-corrected chi connectivity index (χ0v) is 15.9. The number of nitrogens with one attached hydrogen (secondary N) is 1. The number of anilines is 1. The number of hydrogen-bond acceptors (Lipinski definition) is 3. The fourth-order valence-corrected chi connectivity index (χ4v) is 3.58. The Labute approximate surface area is 140 Å². The molecule has 0 fully saturated rings. The molecule has 1 amide bonds. The normalized spacial score (nSPS) is 13.2. The largest absolute Gasteiger partial charge is 0.325 e. The van der Waals surface area contributed by atoms with E-state index in [2.05, 4.69) is 26.1 Å². The second-order valence-corrected chi connectivity index (χ2v) is 9.72. The summed E-state index contributed by atoms with van der Waals surface area (Å²) in [5, 5.41) is 2.75. The minimum atomic E-state index is -3.46. The van der Waals surface area contributed by atoms with Crippen molar-refractivity contribution in [3.8, 4) is 0 Å². The standard InChI is InChI=1S/C17H28N2O3S/c1-16(2,3)13-8-10-14(11-9-13)18-15(20)12-19(17(4,5)6)23(7,21)22/h8-11H,12H2,1-7H3,(H,18,20). The molecule has 1 N–H and O–H groups in total.